The van der Waals surface area contributed by atoms with E-state index in [4.69, 9.17) is 71.6 Å². The Hall–Kier alpha value is -1.95. The van der Waals surface area contributed by atoms with Crippen molar-refractivity contribution in [1.29, 1.82) is 0 Å². The van der Waals surface area contributed by atoms with E-state index in [-0.39, 0.29) is 177 Å². The first-order chi connectivity index (χ1) is 66.1. The number of rotatable bonds is 71. The third-order valence-electron chi connectivity index (χ3n) is 17.9. The molecular weight excluding hydrogens is 2270 g/mol. The number of carbonyl (C=O) groups is 5. The summed E-state index contributed by atoms with van der Waals surface area (Å²) in [5.74, 6) is -2.16. The van der Waals surface area contributed by atoms with Crippen molar-refractivity contribution in [1.82, 2.24) is 0 Å². The number of halogens is 8. The molecule has 5 atom stereocenters. The summed E-state index contributed by atoms with van der Waals surface area (Å²) in [6.45, 7) is 17.7. The van der Waals surface area contributed by atoms with Crippen molar-refractivity contribution in [3.63, 3.8) is 0 Å². The number of nitroso groups, excluding NO2 is 1. The summed E-state index contributed by atoms with van der Waals surface area (Å²) >= 11 is 6.48. The molecule has 0 amide bonds. The van der Waals surface area contributed by atoms with E-state index >= 15 is 0 Å². The molecule has 142 heavy (non-hydrogen) atoms. The summed E-state index contributed by atoms with van der Waals surface area (Å²) in [7, 11) is 0. The molecule has 0 spiro atoms. The zero-order valence-electron chi connectivity index (χ0n) is 88.1. The van der Waals surface area contributed by atoms with Crippen LogP contribution in [0, 0.1) is 64.6 Å². The van der Waals surface area contributed by atoms with Gasteiger partial charge in [0.25, 0.3) is 0 Å². The Kier molecular flexibility index (Phi) is 224. The van der Waals surface area contributed by atoms with Crippen molar-refractivity contribution in [2.75, 3.05) is 19.8 Å². The van der Waals surface area contributed by atoms with Crippen LogP contribution < -0.4 is 144 Å². The standard InChI is InChI=1S/C20H32F2O3.2C15H26O2.2C8H14O.2C7H13IO.C7H11IO.C6H10F2O2.C6H12O.C6H10.C2HN2O4.C2H.CH4.BrH.2K.Li/c1-2-3-12-15-18(23)16-13-10-8-6-4-5-7-9-11-14-17-20(21,22)19(24)25;2*1-2-3-9-12-15(17)13-10-7-5-4-6-8-11-14-16;2*1-3-5-6-7-8(9)4-2;3*8-6-4-2-1-3-5-7-9;1-2-3-4-6(7,8)5(9)10;1-2-3-4-5-6-7;1-3-5-6-4-2;5-1-2(8-7)3-4-6;1-2;;;;;/h8-11,13,16,18,23H,2-7,12,14-15,17H2,1H3,(H,24,25);2*5,7,10,13-15,17H,2-4,6,8-9,11-12H2,1H3;2*2,8-9H,3,5-7H2,1H3;2*4,6,9H,1-3,5,7H2;9H,1-3,5,7H2;2-4H2,1H3,(H,9,10);6H,2-5H2,1H3;1H,4-6H2,2H3;7H;1H;1H4;1H;;;/q;;;;;;;;;;;2*-1;;;3*+1/p-2/b10-8-,11-9-,16-13+;2*7-5-,13-10+;;;2*6-4-;;;;;3-2+;;;;;;. The third kappa shape index (κ3) is 207. The molecule has 0 radical (unpaired) electrons. The first-order valence-electron chi connectivity index (χ1n) is 49.3. The number of aldehydes is 3. The van der Waals surface area contributed by atoms with Gasteiger partial charge in [0.15, 0.2) is 0 Å². The Bertz CT molecular complexity index is 2970. The van der Waals surface area contributed by atoms with Gasteiger partial charge in [-0.15, -0.1) is 35.2 Å². The molecule has 10 N–H and O–H groups in total. The number of nitrogens with zero attached hydrogens (tertiary/aromatic N) is 2. The van der Waals surface area contributed by atoms with Crippen molar-refractivity contribution < 1.29 is 246 Å². The largest absolute Gasteiger partial charge is 1.00 e. The fraction of sp³-hybridized carbons (Fsp3) is 0.682. The Balaban J connectivity index is -0.0000000752. The molecular formula is C110H186BrF4I3K2LiN2O19-. The third-order valence-corrected chi connectivity index (χ3v) is 19.3. The summed E-state index contributed by atoms with van der Waals surface area (Å²) < 4.78 is 56.7. The molecule has 810 valence electrons. The van der Waals surface area contributed by atoms with Crippen LogP contribution in [0.1, 0.15) is 422 Å². The van der Waals surface area contributed by atoms with Gasteiger partial charge in [-0.3, -0.25) is 0 Å². The molecule has 0 aromatic heterocycles. The van der Waals surface area contributed by atoms with Gasteiger partial charge < -0.3 is 110 Å². The zero-order valence-corrected chi connectivity index (χ0v) is 102. The van der Waals surface area contributed by atoms with Crippen LogP contribution >= 0.6 is 67.8 Å². The normalized spacial score (nSPS) is 11.4. The van der Waals surface area contributed by atoms with Crippen LogP contribution in [-0.2, 0) is 33.7 Å². The molecule has 0 aliphatic rings. The number of unbranched alkanes of at least 4 members (excludes halogenated alkanes) is 34. The smallest absolute Gasteiger partial charge is 1.00 e. The van der Waals surface area contributed by atoms with Crippen LogP contribution in [-0.4, -0.2) is 156 Å². The number of aliphatic hydroxyl groups is 8. The van der Waals surface area contributed by atoms with Crippen LogP contribution in [0.15, 0.2) is 116 Å². The van der Waals surface area contributed by atoms with E-state index in [2.05, 4.69) is 162 Å². The predicted molar refractivity (Wildman–Crippen MR) is 592 cm³/mol. The number of aliphatic hydroxyl groups excluding tert-OH is 8. The summed E-state index contributed by atoms with van der Waals surface area (Å²) in [5, 5.41) is 101. The van der Waals surface area contributed by atoms with Crippen molar-refractivity contribution in [3.05, 3.63) is 117 Å². The molecule has 0 saturated heterocycles. The SMILES string of the molecule is C.C#CC(O)CCCCC.C#CC(O)CCCCC.C#CCCCC.CCCCC(F)(F)C(=O)O.CCCCCC(O)/C=C/C=C\CCCC/C=C\CCC(F)(F)C(=O)O.CCCCCC(O)/C=C/C=C\CCCCC=O.CCCCCC(O)/C=C/C=C\CCCCC=O.CCCCCC=O.O=[C-]/C(=N\N=O)O[O-].OCCCCC/C=C\I.OCCCCC/C=C\I.OCCCCCC#CI.[Br-].[C-]#C.[K+].[K+].[Li+]. The van der Waals surface area contributed by atoms with Gasteiger partial charge in [-0.2, -0.15) is 23.8 Å². The minimum atomic E-state index is -3.63. The van der Waals surface area contributed by atoms with Gasteiger partial charge in [0, 0.05) is 87.4 Å². The molecule has 0 heterocycles. The van der Waals surface area contributed by atoms with Crippen molar-refractivity contribution >= 4 is 111 Å². The Morgan fingerprint density at radius 3 is 0.965 bits per heavy atom. The molecule has 5 unspecified atom stereocenters. The molecule has 32 heteroatoms. The van der Waals surface area contributed by atoms with Crippen molar-refractivity contribution in [3.8, 4) is 53.3 Å². The van der Waals surface area contributed by atoms with E-state index in [1.54, 1.807) is 13.0 Å². The Morgan fingerprint density at radius 1 is 0.423 bits per heavy atom. The van der Waals surface area contributed by atoms with E-state index in [0.29, 0.717) is 39.1 Å². The average molecular weight is 2460 g/mol. The van der Waals surface area contributed by atoms with Crippen LogP contribution in [0.4, 0.5) is 17.6 Å². The molecule has 0 aliphatic carbocycles. The molecule has 0 saturated carbocycles. The predicted octanol–water partition coefficient (Wildman–Crippen LogP) is 16.1. The molecule has 0 fully saturated rings. The molecule has 0 aliphatic heterocycles. The van der Waals surface area contributed by atoms with Crippen molar-refractivity contribution in [2.45, 2.75) is 465 Å². The van der Waals surface area contributed by atoms with Gasteiger partial charge in [-0.25, -0.2) is 9.59 Å². The number of allylic oxidation sites excluding steroid dienone is 13. The van der Waals surface area contributed by atoms with E-state index in [1.807, 2.05) is 103 Å². The molecule has 0 rings (SSSR count). The molecule has 21 nitrogen and oxygen atoms in total. The second-order valence-corrected chi connectivity index (χ2v) is 32.6. The van der Waals surface area contributed by atoms with E-state index in [1.165, 1.54) is 89.9 Å². The van der Waals surface area contributed by atoms with Crippen LogP contribution in [0.5, 0.6) is 0 Å². The topological polar surface area (TPSA) is 379 Å². The van der Waals surface area contributed by atoms with Crippen LogP contribution in [0.3, 0.4) is 0 Å². The minimum absolute atomic E-state index is 0. The van der Waals surface area contributed by atoms with Gasteiger partial charge in [-0.1, -0.05) is 351 Å². The van der Waals surface area contributed by atoms with Gasteiger partial charge in [-0.05, 0) is 198 Å². The Labute approximate surface area is 1010 Å². The maximum atomic E-state index is 12.8. The zero-order chi connectivity index (χ0) is 107. The number of alkyl halides is 4. The van der Waals surface area contributed by atoms with Gasteiger partial charge in [0.05, 0.1) is 29.5 Å². The number of terminal acetylenes is 4. The summed E-state index contributed by atoms with van der Waals surface area (Å²) in [4.78, 5) is 71.2. The van der Waals surface area contributed by atoms with E-state index in [9.17, 15) is 61.6 Å². The molecule has 0 aromatic carbocycles. The number of carboxylic acids is 2. The maximum Gasteiger partial charge on any atom is 1.00 e. The van der Waals surface area contributed by atoms with Gasteiger partial charge >= 0.3 is 145 Å². The first kappa shape index (κ1) is 182. The quantitative estimate of drug-likeness (QED) is 0.00214. The summed E-state index contributed by atoms with van der Waals surface area (Å²) in [5.41, 5.74) is 0. The summed E-state index contributed by atoms with van der Waals surface area (Å²) in [6, 6.07) is 0. The number of hydrogen-bond acceptors (Lipinski definition) is 18. The maximum absolute atomic E-state index is 12.8. The fourth-order valence-corrected chi connectivity index (χ4v) is 10.8. The number of aliphatic carboxylic acids is 2. The van der Waals surface area contributed by atoms with Gasteiger partial charge in [0.2, 0.25) is 0 Å². The monoisotopic (exact) mass is 2460 g/mol. The molecule has 0 aromatic rings. The van der Waals surface area contributed by atoms with E-state index < -0.39 is 54.7 Å². The second-order valence-electron chi connectivity index (χ2n) is 30.6. The van der Waals surface area contributed by atoms with Crippen LogP contribution in [0.25, 0.3) is 0 Å². The number of carboxylic acid groups (broad SMARTS) is 2. The average Bonchev–Trinajstić information content (AvgIpc) is 0.904. The number of carbonyl (C=O) groups excluding carboxylic acids is 4. The van der Waals surface area contributed by atoms with Crippen LogP contribution in [0.2, 0.25) is 0 Å². The first-order valence-corrected chi connectivity index (χ1v) is 52.9. The summed E-state index contributed by atoms with van der Waals surface area (Å²) in [6.07, 6.45) is 109. The molecule has 0 bridgehead atoms. The van der Waals surface area contributed by atoms with Crippen molar-refractivity contribution in [2.24, 2.45) is 10.4 Å². The Morgan fingerprint density at radius 2 is 0.704 bits per heavy atom. The second kappa shape index (κ2) is 175. The number of hydrogen-bond donors (Lipinski definition) is 10. The van der Waals surface area contributed by atoms with Gasteiger partial charge in [0.1, 0.15) is 31.1 Å². The van der Waals surface area contributed by atoms with E-state index in [0.717, 1.165) is 250 Å². The fourth-order valence-electron chi connectivity index (χ4n) is 9.78. The minimum Gasteiger partial charge on any atom is -1.00 e.